The number of nitrogens with one attached hydrogen (secondary N) is 3. The van der Waals surface area contributed by atoms with Crippen LogP contribution in [0.4, 0.5) is 11.8 Å². The Morgan fingerprint density at radius 1 is 1.37 bits per heavy atom. The van der Waals surface area contributed by atoms with Gasteiger partial charge in [0.15, 0.2) is 11.5 Å². The predicted molar refractivity (Wildman–Crippen MR) is 71.9 cm³/mol. The summed E-state index contributed by atoms with van der Waals surface area (Å²) in [4.78, 5) is 8.84. The first-order valence-corrected chi connectivity index (χ1v) is 6.41. The normalized spacial score (nSPS) is 16.7. The second-order valence-corrected chi connectivity index (χ2v) is 4.27. The molecule has 8 heteroatoms. The van der Waals surface area contributed by atoms with Gasteiger partial charge in [-0.05, 0) is 6.92 Å². The average molecular weight is 263 g/mol. The Morgan fingerprint density at radius 3 is 3.00 bits per heavy atom. The summed E-state index contributed by atoms with van der Waals surface area (Å²) >= 11 is 0. The number of anilines is 2. The van der Waals surface area contributed by atoms with Crippen LogP contribution in [0.2, 0.25) is 0 Å². The van der Waals surface area contributed by atoms with E-state index in [-0.39, 0.29) is 0 Å². The van der Waals surface area contributed by atoms with E-state index < -0.39 is 0 Å². The molecule has 19 heavy (non-hydrogen) atoms. The Labute approximate surface area is 110 Å². The van der Waals surface area contributed by atoms with Crippen LogP contribution in [0.3, 0.4) is 0 Å². The van der Waals surface area contributed by atoms with Crippen molar-refractivity contribution in [1.82, 2.24) is 25.2 Å². The first-order valence-electron chi connectivity index (χ1n) is 6.41. The van der Waals surface area contributed by atoms with E-state index in [1.54, 1.807) is 6.20 Å². The molecule has 8 nitrogen and oxygen atoms in total. The largest absolute Gasteiger partial charge is 0.379 e. The number of hydrogen-bond donors (Lipinski definition) is 3. The van der Waals surface area contributed by atoms with E-state index in [2.05, 4.69) is 35.9 Å². The number of hydrazine groups is 1. The van der Waals surface area contributed by atoms with Gasteiger partial charge < -0.3 is 15.5 Å². The third kappa shape index (κ3) is 2.59. The van der Waals surface area contributed by atoms with Crippen molar-refractivity contribution in [2.45, 2.75) is 6.92 Å². The van der Waals surface area contributed by atoms with E-state index in [4.69, 9.17) is 4.74 Å². The highest BCUT2D eigenvalue weighted by atomic mass is 16.5. The predicted octanol–water partition coefficient (Wildman–Crippen LogP) is 0.444. The Morgan fingerprint density at radius 2 is 2.21 bits per heavy atom. The summed E-state index contributed by atoms with van der Waals surface area (Å²) in [6, 6.07) is 0. The maximum absolute atomic E-state index is 5.33. The van der Waals surface area contributed by atoms with Gasteiger partial charge in [0.2, 0.25) is 5.95 Å². The van der Waals surface area contributed by atoms with E-state index in [0.29, 0.717) is 5.95 Å². The van der Waals surface area contributed by atoms with Gasteiger partial charge in [-0.1, -0.05) is 0 Å². The van der Waals surface area contributed by atoms with E-state index in [9.17, 15) is 0 Å². The first kappa shape index (κ1) is 12.1. The fraction of sp³-hybridized carbons (Fsp3) is 0.545. The second-order valence-electron chi connectivity index (χ2n) is 4.27. The van der Waals surface area contributed by atoms with Gasteiger partial charge in [0, 0.05) is 19.6 Å². The molecule has 0 unspecified atom stereocenters. The Balaban J connectivity index is 1.88. The minimum absolute atomic E-state index is 0.593. The smallest absolute Gasteiger partial charge is 0.226 e. The number of aromatic nitrogens is 4. The Hall–Kier alpha value is -1.93. The van der Waals surface area contributed by atoms with Crippen molar-refractivity contribution in [3.8, 4) is 0 Å². The van der Waals surface area contributed by atoms with Gasteiger partial charge in [-0.3, -0.25) is 5.10 Å². The van der Waals surface area contributed by atoms with Gasteiger partial charge >= 0.3 is 0 Å². The standard InChI is InChI=1S/C11H17N7O/c1-2-12-11-14-9-8(7-13-16-9)10(15-11)17-18-3-5-19-6-4-18/h7H,2-6H2,1H3,(H3,12,13,14,15,16,17). The van der Waals surface area contributed by atoms with Crippen molar-refractivity contribution < 1.29 is 4.74 Å². The summed E-state index contributed by atoms with van der Waals surface area (Å²) in [6.07, 6.45) is 1.73. The molecule has 102 valence electrons. The van der Waals surface area contributed by atoms with Crippen LogP contribution >= 0.6 is 0 Å². The molecule has 1 saturated heterocycles. The topological polar surface area (TPSA) is 91.0 Å². The summed E-state index contributed by atoms with van der Waals surface area (Å²) in [6.45, 7) is 5.91. The lowest BCUT2D eigenvalue weighted by Crippen LogP contribution is -2.40. The number of hydrogen-bond acceptors (Lipinski definition) is 7. The average Bonchev–Trinajstić information content (AvgIpc) is 2.89. The zero-order chi connectivity index (χ0) is 13.1. The molecule has 0 saturated carbocycles. The molecule has 0 radical (unpaired) electrons. The van der Waals surface area contributed by atoms with Crippen LogP contribution in [0.1, 0.15) is 6.92 Å². The highest BCUT2D eigenvalue weighted by Gasteiger charge is 2.14. The number of ether oxygens (including phenoxy) is 1. The summed E-state index contributed by atoms with van der Waals surface area (Å²) in [5, 5.41) is 13.0. The molecule has 2 aromatic rings. The highest BCUT2D eigenvalue weighted by Crippen LogP contribution is 2.20. The molecule has 1 aliphatic heterocycles. The second kappa shape index (κ2) is 5.37. The van der Waals surface area contributed by atoms with Gasteiger partial charge in [-0.2, -0.15) is 15.1 Å². The molecule has 3 N–H and O–H groups in total. The van der Waals surface area contributed by atoms with E-state index >= 15 is 0 Å². The number of fused-ring (bicyclic) bond motifs is 1. The van der Waals surface area contributed by atoms with Crippen molar-refractivity contribution >= 4 is 22.8 Å². The van der Waals surface area contributed by atoms with Gasteiger partial charge in [0.05, 0.1) is 24.8 Å². The minimum Gasteiger partial charge on any atom is -0.379 e. The maximum Gasteiger partial charge on any atom is 0.226 e. The highest BCUT2D eigenvalue weighted by molar-refractivity contribution is 5.86. The lowest BCUT2D eigenvalue weighted by molar-refractivity contribution is 0.0495. The molecule has 2 aromatic heterocycles. The van der Waals surface area contributed by atoms with E-state index in [0.717, 1.165) is 49.7 Å². The van der Waals surface area contributed by atoms with Crippen LogP contribution in [-0.4, -0.2) is 58.0 Å². The van der Waals surface area contributed by atoms with Crippen LogP contribution in [0.25, 0.3) is 11.0 Å². The fourth-order valence-electron chi connectivity index (χ4n) is 1.98. The third-order valence-electron chi connectivity index (χ3n) is 2.92. The van der Waals surface area contributed by atoms with Crippen LogP contribution in [-0.2, 0) is 4.74 Å². The molecule has 0 spiro atoms. The number of morpholine rings is 1. The van der Waals surface area contributed by atoms with E-state index in [1.165, 1.54) is 0 Å². The van der Waals surface area contributed by atoms with Crippen molar-refractivity contribution in [1.29, 1.82) is 0 Å². The van der Waals surface area contributed by atoms with Crippen molar-refractivity contribution in [2.24, 2.45) is 0 Å². The van der Waals surface area contributed by atoms with Gasteiger partial charge in [-0.15, -0.1) is 0 Å². The van der Waals surface area contributed by atoms with Crippen molar-refractivity contribution in [3.05, 3.63) is 6.20 Å². The Kier molecular flexibility index (Phi) is 3.43. The first-order chi connectivity index (χ1) is 9.36. The van der Waals surface area contributed by atoms with Gasteiger partial charge in [0.25, 0.3) is 0 Å². The lowest BCUT2D eigenvalue weighted by atomic mass is 10.4. The summed E-state index contributed by atoms with van der Waals surface area (Å²) in [7, 11) is 0. The molecule has 3 rings (SSSR count). The van der Waals surface area contributed by atoms with Crippen molar-refractivity contribution in [2.75, 3.05) is 43.6 Å². The molecule has 3 heterocycles. The minimum atomic E-state index is 0.593. The van der Waals surface area contributed by atoms with E-state index in [1.807, 2.05) is 6.92 Å². The zero-order valence-electron chi connectivity index (χ0n) is 10.8. The molecule has 0 amide bonds. The summed E-state index contributed by atoms with van der Waals surface area (Å²) in [5.41, 5.74) is 4.03. The van der Waals surface area contributed by atoms with Crippen LogP contribution in [0.5, 0.6) is 0 Å². The molecule has 0 bridgehead atoms. The Bertz CT molecular complexity index is 549. The van der Waals surface area contributed by atoms with Crippen LogP contribution in [0.15, 0.2) is 6.20 Å². The van der Waals surface area contributed by atoms with Crippen LogP contribution in [0, 0.1) is 0 Å². The van der Waals surface area contributed by atoms with Crippen molar-refractivity contribution in [3.63, 3.8) is 0 Å². The summed E-state index contributed by atoms with van der Waals surface area (Å²) < 4.78 is 5.33. The lowest BCUT2D eigenvalue weighted by Gasteiger charge is -2.27. The zero-order valence-corrected chi connectivity index (χ0v) is 10.8. The monoisotopic (exact) mass is 263 g/mol. The number of aromatic amines is 1. The maximum atomic E-state index is 5.33. The number of H-pyrrole nitrogens is 1. The molecular formula is C11H17N7O. The molecule has 0 aromatic carbocycles. The number of nitrogens with zero attached hydrogens (tertiary/aromatic N) is 4. The van der Waals surface area contributed by atoms with Gasteiger partial charge in [-0.25, -0.2) is 5.01 Å². The molecule has 0 atom stereocenters. The quantitative estimate of drug-likeness (QED) is 0.737. The van der Waals surface area contributed by atoms with Gasteiger partial charge in [0.1, 0.15) is 0 Å². The number of rotatable bonds is 4. The third-order valence-corrected chi connectivity index (χ3v) is 2.92. The van der Waals surface area contributed by atoms with Crippen LogP contribution < -0.4 is 10.7 Å². The summed E-state index contributed by atoms with van der Waals surface area (Å²) in [5.74, 6) is 1.35. The fourth-order valence-corrected chi connectivity index (χ4v) is 1.98. The SMILES string of the molecule is CCNc1nc(NN2CCOCC2)c2cn[nH]c2n1. The molecular weight excluding hydrogens is 246 g/mol. The molecule has 0 aliphatic carbocycles. The molecule has 1 fully saturated rings. The molecule has 1 aliphatic rings.